The van der Waals surface area contributed by atoms with E-state index >= 15 is 0 Å². The molecule has 0 radical (unpaired) electrons. The Morgan fingerprint density at radius 1 is 1.11 bits per heavy atom. The van der Waals surface area contributed by atoms with Crippen molar-refractivity contribution in [2.24, 2.45) is 0 Å². The minimum Gasteiger partial charge on any atom is -0.381 e. The molecule has 1 aromatic heterocycles. The van der Waals surface area contributed by atoms with Gasteiger partial charge in [-0.2, -0.15) is 0 Å². The van der Waals surface area contributed by atoms with Gasteiger partial charge in [-0.3, -0.25) is 0 Å². The summed E-state index contributed by atoms with van der Waals surface area (Å²) in [5.74, 6) is -0.242. The summed E-state index contributed by atoms with van der Waals surface area (Å²) in [7, 11) is 0. The zero-order chi connectivity index (χ0) is 13.2. The maximum atomic E-state index is 13.6. The lowest BCUT2D eigenvalue weighted by Gasteiger charge is -2.08. The maximum Gasteiger partial charge on any atom is 0.128 e. The van der Waals surface area contributed by atoms with Gasteiger partial charge in [-0.05, 0) is 53.2 Å². The summed E-state index contributed by atoms with van der Waals surface area (Å²) in [6.07, 6.45) is 0. The Balaban J connectivity index is 1.79. The van der Waals surface area contributed by atoms with Crippen LogP contribution in [-0.2, 0) is 6.54 Å². The molecule has 0 aliphatic heterocycles. The minimum atomic E-state index is -0.242. The highest BCUT2D eigenvalue weighted by molar-refractivity contribution is 7.17. The van der Waals surface area contributed by atoms with Crippen LogP contribution in [0.3, 0.4) is 0 Å². The van der Waals surface area contributed by atoms with Crippen LogP contribution < -0.4 is 5.32 Å². The molecule has 3 aromatic rings. The fourth-order valence-electron chi connectivity index (χ4n) is 1.95. The molecule has 1 nitrogen and oxygen atoms in total. The van der Waals surface area contributed by atoms with Crippen molar-refractivity contribution in [1.29, 1.82) is 0 Å². The molecule has 96 valence electrons. The first-order chi connectivity index (χ1) is 9.22. The van der Waals surface area contributed by atoms with E-state index in [2.05, 4.69) is 28.9 Å². The molecular weight excluding hydrogens is 281 g/mol. The van der Waals surface area contributed by atoms with Crippen LogP contribution in [0.5, 0.6) is 0 Å². The van der Waals surface area contributed by atoms with Gasteiger partial charge in [0.05, 0.1) is 0 Å². The van der Waals surface area contributed by atoms with E-state index in [4.69, 9.17) is 11.6 Å². The average Bonchev–Trinajstić information content (AvgIpc) is 2.87. The first kappa shape index (κ1) is 12.5. The van der Waals surface area contributed by atoms with Crippen LogP contribution in [0.2, 0.25) is 5.02 Å². The van der Waals surface area contributed by atoms with E-state index < -0.39 is 0 Å². The number of hydrogen-bond acceptors (Lipinski definition) is 2. The Morgan fingerprint density at radius 2 is 2.00 bits per heavy atom. The SMILES string of the molecule is Fc1ccc(Cl)cc1CNc1ccc2sccc2c1. The second-order valence-corrected chi connectivity index (χ2v) is 5.65. The summed E-state index contributed by atoms with van der Waals surface area (Å²) in [6, 6.07) is 12.8. The van der Waals surface area contributed by atoms with Crippen LogP contribution in [0.1, 0.15) is 5.56 Å². The van der Waals surface area contributed by atoms with E-state index in [1.54, 1.807) is 23.5 Å². The molecular formula is C15H11ClFNS. The van der Waals surface area contributed by atoms with Crippen molar-refractivity contribution in [3.8, 4) is 0 Å². The van der Waals surface area contributed by atoms with Crippen molar-refractivity contribution in [1.82, 2.24) is 0 Å². The van der Waals surface area contributed by atoms with E-state index in [-0.39, 0.29) is 5.82 Å². The molecule has 0 unspecified atom stereocenters. The van der Waals surface area contributed by atoms with Crippen LogP contribution in [0.25, 0.3) is 10.1 Å². The van der Waals surface area contributed by atoms with Crippen LogP contribution in [0.4, 0.5) is 10.1 Å². The highest BCUT2D eigenvalue weighted by atomic mass is 35.5. The van der Waals surface area contributed by atoms with Crippen LogP contribution in [0, 0.1) is 5.82 Å². The quantitative estimate of drug-likeness (QED) is 0.690. The summed E-state index contributed by atoms with van der Waals surface area (Å²) >= 11 is 7.58. The molecule has 0 saturated heterocycles. The molecule has 0 aliphatic carbocycles. The van der Waals surface area contributed by atoms with Gasteiger partial charge >= 0.3 is 0 Å². The van der Waals surface area contributed by atoms with E-state index in [0.29, 0.717) is 17.1 Å². The number of thiophene rings is 1. The van der Waals surface area contributed by atoms with Crippen LogP contribution in [-0.4, -0.2) is 0 Å². The van der Waals surface area contributed by atoms with Crippen molar-refractivity contribution in [2.45, 2.75) is 6.54 Å². The predicted octanol–water partition coefficient (Wildman–Crippen LogP) is 5.31. The number of hydrogen-bond donors (Lipinski definition) is 1. The van der Waals surface area contributed by atoms with Crippen LogP contribution in [0.15, 0.2) is 47.8 Å². The lowest BCUT2D eigenvalue weighted by Crippen LogP contribution is -2.01. The number of halogens is 2. The molecule has 0 spiro atoms. The number of anilines is 1. The van der Waals surface area contributed by atoms with E-state index in [1.165, 1.54) is 16.2 Å². The first-order valence-electron chi connectivity index (χ1n) is 5.87. The Kier molecular flexibility index (Phi) is 3.40. The monoisotopic (exact) mass is 291 g/mol. The van der Waals surface area contributed by atoms with Crippen molar-refractivity contribution >= 4 is 38.7 Å². The van der Waals surface area contributed by atoms with Crippen LogP contribution >= 0.6 is 22.9 Å². The highest BCUT2D eigenvalue weighted by Gasteiger charge is 2.03. The minimum absolute atomic E-state index is 0.242. The second kappa shape index (κ2) is 5.19. The van der Waals surface area contributed by atoms with Gasteiger partial charge in [0.2, 0.25) is 0 Å². The van der Waals surface area contributed by atoms with Crippen molar-refractivity contribution in [3.05, 3.63) is 64.2 Å². The van der Waals surface area contributed by atoms with Crippen molar-refractivity contribution in [2.75, 3.05) is 5.32 Å². The molecule has 0 atom stereocenters. The van der Waals surface area contributed by atoms with Gasteiger partial charge in [-0.15, -0.1) is 11.3 Å². The van der Waals surface area contributed by atoms with E-state index in [0.717, 1.165) is 5.69 Å². The van der Waals surface area contributed by atoms with Gasteiger partial charge in [-0.1, -0.05) is 11.6 Å². The van der Waals surface area contributed by atoms with Crippen molar-refractivity contribution in [3.63, 3.8) is 0 Å². The third-order valence-electron chi connectivity index (χ3n) is 2.94. The summed E-state index contributed by atoms with van der Waals surface area (Å²) in [5.41, 5.74) is 1.54. The number of fused-ring (bicyclic) bond motifs is 1. The Labute approximate surface area is 119 Å². The van der Waals surface area contributed by atoms with Gasteiger partial charge in [-0.25, -0.2) is 4.39 Å². The van der Waals surface area contributed by atoms with Gasteiger partial charge in [0, 0.05) is 27.5 Å². The molecule has 3 rings (SSSR count). The molecule has 0 aliphatic rings. The predicted molar refractivity (Wildman–Crippen MR) is 80.6 cm³/mol. The summed E-state index contributed by atoms with van der Waals surface area (Å²) in [6.45, 7) is 0.419. The number of benzene rings is 2. The molecule has 0 fully saturated rings. The highest BCUT2D eigenvalue weighted by Crippen LogP contribution is 2.24. The van der Waals surface area contributed by atoms with Crippen molar-refractivity contribution < 1.29 is 4.39 Å². The largest absolute Gasteiger partial charge is 0.381 e. The second-order valence-electron chi connectivity index (χ2n) is 4.26. The molecule has 0 bridgehead atoms. The zero-order valence-electron chi connectivity index (χ0n) is 9.99. The topological polar surface area (TPSA) is 12.0 Å². The molecule has 1 N–H and O–H groups in total. The molecule has 1 heterocycles. The fraction of sp³-hybridized carbons (Fsp3) is 0.0667. The van der Waals surface area contributed by atoms with Gasteiger partial charge in [0.25, 0.3) is 0 Å². The molecule has 19 heavy (non-hydrogen) atoms. The zero-order valence-corrected chi connectivity index (χ0v) is 11.6. The third kappa shape index (κ3) is 2.72. The molecule has 0 amide bonds. The van der Waals surface area contributed by atoms with E-state index in [9.17, 15) is 4.39 Å². The fourth-order valence-corrected chi connectivity index (χ4v) is 2.92. The third-order valence-corrected chi connectivity index (χ3v) is 4.08. The Morgan fingerprint density at radius 3 is 2.89 bits per heavy atom. The number of nitrogens with one attached hydrogen (secondary N) is 1. The van der Waals surface area contributed by atoms with Gasteiger partial charge < -0.3 is 5.32 Å². The lowest BCUT2D eigenvalue weighted by molar-refractivity contribution is 0.613. The standard InChI is InChI=1S/C15H11ClFNS/c16-12-1-3-14(17)11(7-12)9-18-13-2-4-15-10(8-13)5-6-19-15/h1-8,18H,9H2. The molecule has 4 heteroatoms. The number of rotatable bonds is 3. The first-order valence-corrected chi connectivity index (χ1v) is 7.13. The smallest absolute Gasteiger partial charge is 0.128 e. The normalized spacial score (nSPS) is 10.8. The maximum absolute atomic E-state index is 13.6. The van der Waals surface area contributed by atoms with E-state index in [1.807, 2.05) is 6.07 Å². The van der Waals surface area contributed by atoms with Gasteiger partial charge in [0.1, 0.15) is 5.82 Å². The Bertz CT molecular complexity index is 723. The summed E-state index contributed by atoms with van der Waals surface area (Å²) in [5, 5.41) is 7.02. The average molecular weight is 292 g/mol. The summed E-state index contributed by atoms with van der Waals surface area (Å²) < 4.78 is 14.8. The Hall–Kier alpha value is -1.58. The van der Waals surface area contributed by atoms with Gasteiger partial charge in [0.15, 0.2) is 0 Å². The lowest BCUT2D eigenvalue weighted by atomic mass is 10.2. The molecule has 0 saturated carbocycles. The summed E-state index contributed by atoms with van der Waals surface area (Å²) in [4.78, 5) is 0. The molecule has 2 aromatic carbocycles.